The predicted octanol–water partition coefficient (Wildman–Crippen LogP) is 3.61. The van der Waals surface area contributed by atoms with Gasteiger partial charge in [0.15, 0.2) is 0 Å². The van der Waals surface area contributed by atoms with Crippen LogP contribution in [-0.2, 0) is 6.42 Å². The first-order valence-electron chi connectivity index (χ1n) is 7.15. The maximum atomic E-state index is 6.22. The van der Waals surface area contributed by atoms with E-state index in [0.29, 0.717) is 12.0 Å². The molecular weight excluding hydrogens is 282 g/mol. The molecule has 1 atom stereocenters. The van der Waals surface area contributed by atoms with Gasteiger partial charge in [-0.15, -0.1) is 11.3 Å². The monoisotopic (exact) mass is 299 g/mol. The highest BCUT2D eigenvalue weighted by atomic mass is 32.1. The largest absolute Gasteiger partial charge is 0.497 e. The molecule has 1 aliphatic carbocycles. The molecule has 3 aromatic rings. The van der Waals surface area contributed by atoms with Crippen molar-refractivity contribution in [3.8, 4) is 5.75 Å². The number of hydrogen-bond donors (Lipinski definition) is 1. The number of methoxy groups -OCH3 is 1. The summed E-state index contributed by atoms with van der Waals surface area (Å²) in [5.41, 5.74) is 9.60. The van der Waals surface area contributed by atoms with E-state index in [2.05, 4.69) is 27.1 Å². The van der Waals surface area contributed by atoms with E-state index in [-0.39, 0.29) is 0 Å². The fourth-order valence-electron chi connectivity index (χ4n) is 3.28. The number of anilines is 1. The quantitative estimate of drug-likeness (QED) is 0.786. The molecule has 1 aliphatic rings. The van der Waals surface area contributed by atoms with Gasteiger partial charge >= 0.3 is 0 Å². The summed E-state index contributed by atoms with van der Waals surface area (Å²) in [5, 5.41) is 2.18. The van der Waals surface area contributed by atoms with Crippen LogP contribution < -0.4 is 10.5 Å². The topological polar surface area (TPSA) is 53.1 Å². The van der Waals surface area contributed by atoms with Crippen molar-refractivity contribution in [2.24, 2.45) is 0 Å². The van der Waals surface area contributed by atoms with Gasteiger partial charge in [-0.05, 0) is 48.4 Å². The second-order valence-corrected chi connectivity index (χ2v) is 6.40. The van der Waals surface area contributed by atoms with Gasteiger partial charge in [0.05, 0.1) is 24.2 Å². The first kappa shape index (κ1) is 12.7. The predicted molar refractivity (Wildman–Crippen MR) is 86.1 cm³/mol. The van der Waals surface area contributed by atoms with Crippen LogP contribution >= 0.6 is 11.3 Å². The lowest BCUT2D eigenvalue weighted by Gasteiger charge is -2.25. The molecule has 0 spiro atoms. The second-order valence-electron chi connectivity index (χ2n) is 5.40. The summed E-state index contributed by atoms with van der Waals surface area (Å²) in [4.78, 5) is 6.01. The summed E-state index contributed by atoms with van der Waals surface area (Å²) in [7, 11) is 1.67. The Morgan fingerprint density at radius 2 is 2.29 bits per heavy atom. The van der Waals surface area contributed by atoms with Crippen LogP contribution in [0, 0.1) is 0 Å². The minimum Gasteiger partial charge on any atom is -0.497 e. The first-order valence-corrected chi connectivity index (χ1v) is 8.03. The van der Waals surface area contributed by atoms with Crippen molar-refractivity contribution in [2.75, 3.05) is 12.8 Å². The third kappa shape index (κ3) is 1.92. The van der Waals surface area contributed by atoms with E-state index in [4.69, 9.17) is 10.5 Å². The van der Waals surface area contributed by atoms with Crippen LogP contribution in [0.3, 0.4) is 0 Å². The fourth-order valence-corrected chi connectivity index (χ4v) is 4.26. The smallest absolute Gasteiger partial charge is 0.201 e. The number of ether oxygens (including phenoxy) is 1. The Morgan fingerprint density at radius 1 is 1.38 bits per heavy atom. The molecule has 0 amide bonds. The zero-order valence-electron chi connectivity index (χ0n) is 11.9. The molecule has 4 rings (SSSR count). The Morgan fingerprint density at radius 3 is 3.14 bits per heavy atom. The summed E-state index contributed by atoms with van der Waals surface area (Å²) in [6.07, 6.45) is 3.50. The molecule has 2 aromatic heterocycles. The van der Waals surface area contributed by atoms with Crippen LogP contribution in [0.1, 0.15) is 29.3 Å². The van der Waals surface area contributed by atoms with Crippen molar-refractivity contribution in [1.82, 2.24) is 9.55 Å². The third-order valence-electron chi connectivity index (χ3n) is 4.26. The van der Waals surface area contributed by atoms with E-state index in [1.807, 2.05) is 23.5 Å². The lowest BCUT2D eigenvalue weighted by atomic mass is 9.93. The summed E-state index contributed by atoms with van der Waals surface area (Å²) >= 11 is 1.85. The number of imidazole rings is 1. The summed E-state index contributed by atoms with van der Waals surface area (Å²) in [5.74, 6) is 1.40. The molecular formula is C16H17N3OS. The molecule has 0 radical (unpaired) electrons. The van der Waals surface area contributed by atoms with Gasteiger partial charge in [0.1, 0.15) is 5.75 Å². The molecule has 0 saturated heterocycles. The van der Waals surface area contributed by atoms with Gasteiger partial charge in [0.2, 0.25) is 5.95 Å². The van der Waals surface area contributed by atoms with Crippen LogP contribution in [0.2, 0.25) is 0 Å². The molecule has 2 heterocycles. The number of nitrogen functional groups attached to an aromatic ring is 1. The SMILES string of the molecule is COc1ccc2c(c1)nc(N)n2C1CCCc2sccc21. The van der Waals surface area contributed by atoms with Gasteiger partial charge in [-0.3, -0.25) is 0 Å². The lowest BCUT2D eigenvalue weighted by molar-refractivity contribution is 0.415. The average molecular weight is 299 g/mol. The van der Waals surface area contributed by atoms with Crippen molar-refractivity contribution < 1.29 is 4.74 Å². The Labute approximate surface area is 127 Å². The molecule has 0 fully saturated rings. The Kier molecular flexibility index (Phi) is 2.89. The van der Waals surface area contributed by atoms with Crippen molar-refractivity contribution in [2.45, 2.75) is 25.3 Å². The lowest BCUT2D eigenvalue weighted by Crippen LogP contribution is -2.17. The normalized spacial score (nSPS) is 17.9. The number of rotatable bonds is 2. The molecule has 1 unspecified atom stereocenters. The van der Waals surface area contributed by atoms with Gasteiger partial charge in [-0.1, -0.05) is 0 Å². The molecule has 0 bridgehead atoms. The number of aromatic nitrogens is 2. The number of aryl methyl sites for hydroxylation is 1. The zero-order valence-corrected chi connectivity index (χ0v) is 12.7. The minimum atomic E-state index is 0.304. The van der Waals surface area contributed by atoms with Crippen LogP contribution in [0.15, 0.2) is 29.6 Å². The number of nitrogens with zero attached hydrogens (tertiary/aromatic N) is 2. The van der Waals surface area contributed by atoms with Crippen molar-refractivity contribution >= 4 is 28.3 Å². The fraction of sp³-hybridized carbons (Fsp3) is 0.312. The third-order valence-corrected chi connectivity index (χ3v) is 5.25. The maximum absolute atomic E-state index is 6.22. The van der Waals surface area contributed by atoms with E-state index in [1.54, 1.807) is 7.11 Å². The molecule has 1 aromatic carbocycles. The molecule has 108 valence electrons. The molecule has 2 N–H and O–H groups in total. The van der Waals surface area contributed by atoms with Gasteiger partial charge in [-0.25, -0.2) is 4.98 Å². The number of fused-ring (bicyclic) bond motifs is 2. The van der Waals surface area contributed by atoms with Crippen LogP contribution in [0.5, 0.6) is 5.75 Å². The minimum absolute atomic E-state index is 0.304. The Balaban J connectivity index is 1.90. The number of hydrogen-bond acceptors (Lipinski definition) is 4. The van der Waals surface area contributed by atoms with Gasteiger partial charge < -0.3 is 15.0 Å². The molecule has 4 nitrogen and oxygen atoms in total. The van der Waals surface area contributed by atoms with Crippen LogP contribution in [0.4, 0.5) is 5.95 Å². The van der Waals surface area contributed by atoms with E-state index in [1.165, 1.54) is 23.3 Å². The Hall–Kier alpha value is -2.01. The van der Waals surface area contributed by atoms with Crippen molar-refractivity contribution in [1.29, 1.82) is 0 Å². The maximum Gasteiger partial charge on any atom is 0.201 e. The molecule has 0 saturated carbocycles. The van der Waals surface area contributed by atoms with Crippen LogP contribution in [-0.4, -0.2) is 16.7 Å². The highest BCUT2D eigenvalue weighted by Gasteiger charge is 2.25. The van der Waals surface area contributed by atoms with Gasteiger partial charge in [0.25, 0.3) is 0 Å². The standard InChI is InChI=1S/C16H17N3OS/c1-20-10-5-6-14-12(9-10)18-16(17)19(14)13-3-2-4-15-11(13)7-8-21-15/h5-9,13H,2-4H2,1H3,(H2,17,18). The van der Waals surface area contributed by atoms with Gasteiger partial charge in [0, 0.05) is 10.9 Å². The summed E-state index contributed by atoms with van der Waals surface area (Å²) in [6.45, 7) is 0. The van der Waals surface area contributed by atoms with E-state index >= 15 is 0 Å². The van der Waals surface area contributed by atoms with E-state index in [0.717, 1.165) is 23.2 Å². The Bertz CT molecular complexity index is 805. The molecule has 21 heavy (non-hydrogen) atoms. The van der Waals surface area contributed by atoms with E-state index in [9.17, 15) is 0 Å². The van der Waals surface area contributed by atoms with Gasteiger partial charge in [-0.2, -0.15) is 0 Å². The highest BCUT2D eigenvalue weighted by molar-refractivity contribution is 7.10. The van der Waals surface area contributed by atoms with Crippen molar-refractivity contribution in [3.05, 3.63) is 40.1 Å². The van der Waals surface area contributed by atoms with Crippen molar-refractivity contribution in [3.63, 3.8) is 0 Å². The highest BCUT2D eigenvalue weighted by Crippen LogP contribution is 2.39. The number of thiophene rings is 1. The molecule has 0 aliphatic heterocycles. The summed E-state index contributed by atoms with van der Waals surface area (Å²) < 4.78 is 7.45. The number of benzene rings is 1. The summed E-state index contributed by atoms with van der Waals surface area (Å²) in [6, 6.07) is 8.51. The number of nitrogens with two attached hydrogens (primary N) is 1. The van der Waals surface area contributed by atoms with E-state index < -0.39 is 0 Å². The average Bonchev–Trinajstić information content (AvgIpc) is 3.09. The first-order chi connectivity index (χ1) is 10.3. The second kappa shape index (κ2) is 4.77. The molecule has 5 heteroatoms. The zero-order chi connectivity index (χ0) is 14.4. The van der Waals surface area contributed by atoms with Crippen LogP contribution in [0.25, 0.3) is 11.0 Å².